The van der Waals surface area contributed by atoms with Crippen molar-refractivity contribution in [3.8, 4) is 11.3 Å². The van der Waals surface area contributed by atoms with Gasteiger partial charge in [0.2, 0.25) is 5.91 Å². The van der Waals surface area contributed by atoms with Crippen LogP contribution in [0.5, 0.6) is 0 Å². The van der Waals surface area contributed by atoms with Gasteiger partial charge in [0.15, 0.2) is 5.13 Å². The largest absolute Gasteiger partial charge is 0.301 e. The number of thiazole rings is 1. The van der Waals surface area contributed by atoms with E-state index in [2.05, 4.69) is 41.5 Å². The fourth-order valence-corrected chi connectivity index (χ4v) is 2.55. The van der Waals surface area contributed by atoms with E-state index in [1.165, 1.54) is 16.9 Å². The van der Waals surface area contributed by atoms with Crippen LogP contribution in [0.3, 0.4) is 0 Å². The first-order valence-electron chi connectivity index (χ1n) is 6.13. The maximum Gasteiger partial charge on any atom is 0.241 e. The average Bonchev–Trinajstić information content (AvgIpc) is 2.88. The first-order valence-corrected chi connectivity index (χ1v) is 7.55. The number of aromatic nitrogens is 1. The smallest absolute Gasteiger partial charge is 0.241 e. The van der Waals surface area contributed by atoms with Crippen molar-refractivity contribution in [3.05, 3.63) is 35.2 Å². The Labute approximate surface area is 121 Å². The Morgan fingerprint density at radius 1 is 1.37 bits per heavy atom. The van der Waals surface area contributed by atoms with Crippen molar-refractivity contribution in [1.29, 1.82) is 0 Å². The van der Waals surface area contributed by atoms with Gasteiger partial charge < -0.3 is 5.32 Å². The van der Waals surface area contributed by atoms with Crippen LogP contribution >= 0.6 is 22.9 Å². The van der Waals surface area contributed by atoms with Crippen LogP contribution in [0.2, 0.25) is 0 Å². The molecule has 5 heteroatoms. The van der Waals surface area contributed by atoms with Gasteiger partial charge in [0.05, 0.1) is 5.69 Å². The average molecular weight is 295 g/mol. The highest BCUT2D eigenvalue weighted by molar-refractivity contribution is 7.14. The van der Waals surface area contributed by atoms with Crippen molar-refractivity contribution < 1.29 is 4.79 Å². The lowest BCUT2D eigenvalue weighted by Crippen LogP contribution is -2.12. The first kappa shape index (κ1) is 14.0. The fraction of sp³-hybridized carbons (Fsp3) is 0.286. The van der Waals surface area contributed by atoms with E-state index < -0.39 is 0 Å². The standard InChI is InChI=1S/C14H15ClN2OS/c1-2-3-10-4-6-11(7-5-10)12-9-19-14(16-12)17-13(18)8-15/h4-7,9H,2-3,8H2,1H3,(H,16,17,18). The topological polar surface area (TPSA) is 42.0 Å². The van der Waals surface area contributed by atoms with Crippen LogP contribution in [-0.4, -0.2) is 16.8 Å². The summed E-state index contributed by atoms with van der Waals surface area (Å²) in [5, 5.41) is 5.16. The lowest BCUT2D eigenvalue weighted by molar-refractivity contribution is -0.113. The zero-order valence-corrected chi connectivity index (χ0v) is 12.2. The zero-order chi connectivity index (χ0) is 13.7. The summed E-state index contributed by atoms with van der Waals surface area (Å²) < 4.78 is 0. The molecule has 1 amide bonds. The summed E-state index contributed by atoms with van der Waals surface area (Å²) in [7, 11) is 0. The van der Waals surface area contributed by atoms with Crippen molar-refractivity contribution in [1.82, 2.24) is 4.98 Å². The van der Waals surface area contributed by atoms with Crippen molar-refractivity contribution in [2.24, 2.45) is 0 Å². The van der Waals surface area contributed by atoms with Gasteiger partial charge in [0, 0.05) is 10.9 Å². The molecule has 1 aromatic heterocycles. The van der Waals surface area contributed by atoms with E-state index >= 15 is 0 Å². The summed E-state index contributed by atoms with van der Waals surface area (Å²) in [5.41, 5.74) is 3.26. The second kappa shape index (κ2) is 6.68. The molecule has 0 fully saturated rings. The molecular weight excluding hydrogens is 280 g/mol. The Bertz CT molecular complexity index is 551. The maximum absolute atomic E-state index is 11.2. The fourth-order valence-electron chi connectivity index (χ4n) is 1.75. The molecule has 2 aromatic rings. The number of amides is 1. The highest BCUT2D eigenvalue weighted by Crippen LogP contribution is 2.25. The third kappa shape index (κ3) is 3.78. The van der Waals surface area contributed by atoms with E-state index in [0.29, 0.717) is 5.13 Å². The van der Waals surface area contributed by atoms with Gasteiger partial charge in [-0.1, -0.05) is 37.6 Å². The number of carbonyl (C=O) groups excluding carboxylic acids is 1. The van der Waals surface area contributed by atoms with Gasteiger partial charge in [-0.2, -0.15) is 0 Å². The SMILES string of the molecule is CCCc1ccc(-c2csc(NC(=O)CCl)n2)cc1. The molecular formula is C14H15ClN2OS. The number of anilines is 1. The van der Waals surface area contributed by atoms with Gasteiger partial charge in [-0.15, -0.1) is 22.9 Å². The maximum atomic E-state index is 11.2. The molecule has 0 unspecified atom stereocenters. The Hall–Kier alpha value is -1.39. The van der Waals surface area contributed by atoms with Crippen LogP contribution in [0.25, 0.3) is 11.3 Å². The lowest BCUT2D eigenvalue weighted by Gasteiger charge is -2.00. The van der Waals surface area contributed by atoms with E-state index in [4.69, 9.17) is 11.6 Å². The highest BCUT2D eigenvalue weighted by Gasteiger charge is 2.07. The summed E-state index contributed by atoms with van der Waals surface area (Å²) in [6.45, 7) is 2.17. The first-order chi connectivity index (χ1) is 9.22. The second-order valence-corrected chi connectivity index (χ2v) is 5.29. The predicted octanol–water partition coefficient (Wildman–Crippen LogP) is 3.94. The highest BCUT2D eigenvalue weighted by atomic mass is 35.5. The number of carbonyl (C=O) groups is 1. The van der Waals surface area contributed by atoms with Crippen molar-refractivity contribution in [2.75, 3.05) is 11.2 Å². The van der Waals surface area contributed by atoms with Gasteiger partial charge in [-0.25, -0.2) is 4.98 Å². The molecule has 100 valence electrons. The van der Waals surface area contributed by atoms with E-state index in [1.54, 1.807) is 0 Å². The number of aryl methyl sites for hydroxylation is 1. The minimum absolute atomic E-state index is 0.0549. The molecule has 2 rings (SSSR count). The van der Waals surface area contributed by atoms with Crippen LogP contribution in [0.15, 0.2) is 29.6 Å². The lowest BCUT2D eigenvalue weighted by atomic mass is 10.1. The van der Waals surface area contributed by atoms with E-state index in [-0.39, 0.29) is 11.8 Å². The van der Waals surface area contributed by atoms with E-state index in [1.807, 2.05) is 5.38 Å². The number of nitrogens with zero attached hydrogens (tertiary/aromatic N) is 1. The third-order valence-corrected chi connectivity index (χ3v) is 3.66. The van der Waals surface area contributed by atoms with Gasteiger partial charge >= 0.3 is 0 Å². The third-order valence-electron chi connectivity index (χ3n) is 2.66. The molecule has 1 aromatic carbocycles. The summed E-state index contributed by atoms with van der Waals surface area (Å²) in [6, 6.07) is 8.37. The van der Waals surface area contributed by atoms with Gasteiger partial charge in [-0.05, 0) is 12.0 Å². The van der Waals surface area contributed by atoms with Gasteiger partial charge in [-0.3, -0.25) is 4.79 Å². The van der Waals surface area contributed by atoms with Crippen LogP contribution in [0.1, 0.15) is 18.9 Å². The van der Waals surface area contributed by atoms with Gasteiger partial charge in [0.25, 0.3) is 0 Å². The molecule has 0 bridgehead atoms. The van der Waals surface area contributed by atoms with Crippen LogP contribution < -0.4 is 5.32 Å². The number of hydrogen-bond donors (Lipinski definition) is 1. The molecule has 0 saturated heterocycles. The minimum Gasteiger partial charge on any atom is -0.301 e. The minimum atomic E-state index is -0.235. The van der Waals surface area contributed by atoms with Crippen LogP contribution in [0.4, 0.5) is 5.13 Å². The van der Waals surface area contributed by atoms with Crippen molar-refractivity contribution >= 4 is 34.0 Å². The predicted molar refractivity (Wildman–Crippen MR) is 80.9 cm³/mol. The number of nitrogens with one attached hydrogen (secondary N) is 1. The quantitative estimate of drug-likeness (QED) is 0.849. The summed E-state index contributed by atoms with van der Waals surface area (Å²) in [5.74, 6) is -0.290. The Morgan fingerprint density at radius 2 is 2.11 bits per heavy atom. The Morgan fingerprint density at radius 3 is 2.74 bits per heavy atom. The van der Waals surface area contributed by atoms with E-state index in [9.17, 15) is 4.79 Å². The Balaban J connectivity index is 2.11. The molecule has 0 spiro atoms. The monoisotopic (exact) mass is 294 g/mol. The molecule has 19 heavy (non-hydrogen) atoms. The molecule has 0 aliphatic carbocycles. The Kier molecular flexibility index (Phi) is 4.93. The van der Waals surface area contributed by atoms with Crippen molar-refractivity contribution in [2.45, 2.75) is 19.8 Å². The number of alkyl halides is 1. The molecule has 0 atom stereocenters. The second-order valence-electron chi connectivity index (χ2n) is 4.17. The van der Waals surface area contributed by atoms with E-state index in [0.717, 1.165) is 24.1 Å². The summed E-state index contributed by atoms with van der Waals surface area (Å²) in [4.78, 5) is 15.5. The number of benzene rings is 1. The van der Waals surface area contributed by atoms with Crippen LogP contribution in [-0.2, 0) is 11.2 Å². The summed E-state index contributed by atoms with van der Waals surface area (Å²) >= 11 is 6.84. The normalized spacial score (nSPS) is 10.4. The zero-order valence-electron chi connectivity index (χ0n) is 10.6. The molecule has 0 aliphatic heterocycles. The molecule has 3 nitrogen and oxygen atoms in total. The molecule has 0 aliphatic rings. The molecule has 1 N–H and O–H groups in total. The molecule has 0 radical (unpaired) electrons. The van der Waals surface area contributed by atoms with Crippen molar-refractivity contribution in [3.63, 3.8) is 0 Å². The number of rotatable bonds is 5. The molecule has 0 saturated carbocycles. The number of halogens is 1. The number of hydrogen-bond acceptors (Lipinski definition) is 3. The van der Waals surface area contributed by atoms with Crippen LogP contribution in [0, 0.1) is 0 Å². The molecule has 1 heterocycles. The van der Waals surface area contributed by atoms with Gasteiger partial charge in [0.1, 0.15) is 5.88 Å². The summed E-state index contributed by atoms with van der Waals surface area (Å²) in [6.07, 6.45) is 2.24.